The molecule has 0 aromatic heterocycles. The lowest BCUT2D eigenvalue weighted by Crippen LogP contribution is -2.55. The molecular formula is C17H31N3O4. The van der Waals surface area contributed by atoms with Crippen LogP contribution in [0, 0.1) is 0 Å². The molecule has 1 aliphatic heterocycles. The van der Waals surface area contributed by atoms with Crippen LogP contribution in [0.15, 0.2) is 0 Å². The molecule has 138 valence electrons. The zero-order valence-corrected chi connectivity index (χ0v) is 14.6. The highest BCUT2D eigenvalue weighted by atomic mass is 16.5. The van der Waals surface area contributed by atoms with Crippen LogP contribution in [0.4, 0.5) is 4.79 Å². The number of nitrogens with one attached hydrogen (secondary N) is 3. The molecule has 1 saturated carbocycles. The van der Waals surface area contributed by atoms with Crippen molar-refractivity contribution in [3.05, 3.63) is 0 Å². The summed E-state index contributed by atoms with van der Waals surface area (Å²) in [5.74, 6) is -0.0411. The van der Waals surface area contributed by atoms with Gasteiger partial charge in [0.05, 0.1) is 25.2 Å². The van der Waals surface area contributed by atoms with Gasteiger partial charge in [0, 0.05) is 12.6 Å². The van der Waals surface area contributed by atoms with E-state index in [0.717, 1.165) is 25.7 Å². The average molecular weight is 341 g/mol. The fourth-order valence-electron chi connectivity index (χ4n) is 3.57. The SMILES string of the molecule is CCNC(=O)C[C@H]1CC[C@H](NC(=O)NC2CCCCC2)[C@@H](CO)O1. The zero-order valence-electron chi connectivity index (χ0n) is 14.6. The predicted octanol–water partition coefficient (Wildman–Crippen LogP) is 1.05. The molecule has 0 unspecified atom stereocenters. The standard InChI is InChI=1S/C17H31N3O4/c1-2-18-16(22)10-13-8-9-14(15(11-21)24-13)20-17(23)19-12-6-4-3-5-7-12/h12-15,21H,2-11H2,1H3,(H,18,22)(H2,19,20,23)/t13-,14+,15-/m1/s1. The first kappa shape index (κ1) is 19.0. The van der Waals surface area contributed by atoms with Gasteiger partial charge in [-0.3, -0.25) is 4.79 Å². The molecule has 0 spiro atoms. The van der Waals surface area contributed by atoms with Crippen molar-refractivity contribution in [2.45, 2.75) is 82.6 Å². The summed E-state index contributed by atoms with van der Waals surface area (Å²) in [6, 6.07) is -0.151. The van der Waals surface area contributed by atoms with Gasteiger partial charge in [0.1, 0.15) is 6.10 Å². The summed E-state index contributed by atoms with van der Waals surface area (Å²) in [7, 11) is 0. The first-order chi connectivity index (χ1) is 11.6. The molecular weight excluding hydrogens is 310 g/mol. The smallest absolute Gasteiger partial charge is 0.315 e. The number of rotatable bonds is 6. The highest BCUT2D eigenvalue weighted by Crippen LogP contribution is 2.22. The van der Waals surface area contributed by atoms with E-state index in [1.54, 1.807) is 0 Å². The first-order valence-electron chi connectivity index (χ1n) is 9.22. The molecule has 0 aromatic carbocycles. The van der Waals surface area contributed by atoms with E-state index < -0.39 is 6.10 Å². The van der Waals surface area contributed by atoms with Gasteiger partial charge in [0.15, 0.2) is 0 Å². The Balaban J connectivity index is 1.76. The summed E-state index contributed by atoms with van der Waals surface area (Å²) in [4.78, 5) is 23.8. The van der Waals surface area contributed by atoms with Crippen LogP contribution >= 0.6 is 0 Å². The summed E-state index contributed by atoms with van der Waals surface area (Å²) in [5, 5.41) is 18.3. The molecule has 24 heavy (non-hydrogen) atoms. The normalized spacial score (nSPS) is 28.2. The van der Waals surface area contributed by atoms with Gasteiger partial charge < -0.3 is 25.8 Å². The Morgan fingerprint density at radius 3 is 2.50 bits per heavy atom. The number of hydrogen-bond acceptors (Lipinski definition) is 4. The third-order valence-electron chi connectivity index (χ3n) is 4.84. The molecule has 0 aromatic rings. The van der Waals surface area contributed by atoms with Crippen molar-refractivity contribution in [1.82, 2.24) is 16.0 Å². The molecule has 3 atom stereocenters. The minimum Gasteiger partial charge on any atom is -0.394 e. The Bertz CT molecular complexity index is 413. The van der Waals surface area contributed by atoms with Gasteiger partial charge in [-0.25, -0.2) is 4.79 Å². The molecule has 7 heteroatoms. The molecule has 0 radical (unpaired) electrons. The summed E-state index contributed by atoms with van der Waals surface area (Å²) in [6.45, 7) is 2.31. The molecule has 4 N–H and O–H groups in total. The second-order valence-electron chi connectivity index (χ2n) is 6.77. The number of hydrogen-bond donors (Lipinski definition) is 4. The molecule has 1 saturated heterocycles. The maximum Gasteiger partial charge on any atom is 0.315 e. The van der Waals surface area contributed by atoms with Crippen LogP contribution in [0.1, 0.15) is 58.3 Å². The second-order valence-corrected chi connectivity index (χ2v) is 6.77. The number of urea groups is 1. The van der Waals surface area contributed by atoms with Crippen LogP contribution < -0.4 is 16.0 Å². The molecule has 7 nitrogen and oxygen atoms in total. The van der Waals surface area contributed by atoms with Gasteiger partial charge in [-0.2, -0.15) is 0 Å². The summed E-state index contributed by atoms with van der Waals surface area (Å²) in [5.41, 5.74) is 0. The van der Waals surface area contributed by atoms with Gasteiger partial charge in [0.25, 0.3) is 0 Å². The van der Waals surface area contributed by atoms with Crippen molar-refractivity contribution in [3.63, 3.8) is 0 Å². The quantitative estimate of drug-likeness (QED) is 0.580. The molecule has 2 rings (SSSR count). The van der Waals surface area contributed by atoms with E-state index in [1.165, 1.54) is 6.42 Å². The zero-order chi connectivity index (χ0) is 17.4. The van der Waals surface area contributed by atoms with Crippen LogP contribution in [0.5, 0.6) is 0 Å². The lowest BCUT2D eigenvalue weighted by molar-refractivity contribution is -0.130. The minimum atomic E-state index is -0.463. The second kappa shape index (κ2) is 9.84. The van der Waals surface area contributed by atoms with E-state index in [0.29, 0.717) is 25.8 Å². The Kier molecular flexibility index (Phi) is 7.78. The lowest BCUT2D eigenvalue weighted by Gasteiger charge is -2.36. The molecule has 1 heterocycles. The molecule has 2 fully saturated rings. The molecule has 2 aliphatic rings. The minimum absolute atomic E-state index is 0.0411. The number of aliphatic hydroxyl groups is 1. The van der Waals surface area contributed by atoms with E-state index in [1.807, 2.05) is 6.92 Å². The Morgan fingerprint density at radius 2 is 1.83 bits per heavy atom. The number of ether oxygens (including phenoxy) is 1. The Labute approximate surface area is 143 Å². The third kappa shape index (κ3) is 5.94. The first-order valence-corrected chi connectivity index (χ1v) is 9.22. The van der Waals surface area contributed by atoms with E-state index in [9.17, 15) is 14.7 Å². The summed E-state index contributed by atoms with van der Waals surface area (Å²) >= 11 is 0. The summed E-state index contributed by atoms with van der Waals surface area (Å²) < 4.78 is 5.80. The third-order valence-corrected chi connectivity index (χ3v) is 4.84. The monoisotopic (exact) mass is 341 g/mol. The molecule has 3 amide bonds. The molecule has 0 bridgehead atoms. The van der Waals surface area contributed by atoms with E-state index in [-0.39, 0.29) is 36.7 Å². The summed E-state index contributed by atoms with van der Waals surface area (Å²) in [6.07, 6.45) is 6.68. The van der Waals surface area contributed by atoms with Crippen LogP contribution in [-0.4, -0.2) is 54.5 Å². The van der Waals surface area contributed by atoms with Crippen molar-refractivity contribution in [2.24, 2.45) is 0 Å². The van der Waals surface area contributed by atoms with Crippen LogP contribution in [0.25, 0.3) is 0 Å². The largest absolute Gasteiger partial charge is 0.394 e. The number of carbonyl (C=O) groups is 2. The van der Waals surface area contributed by atoms with Crippen molar-refractivity contribution in [1.29, 1.82) is 0 Å². The average Bonchev–Trinajstić information content (AvgIpc) is 2.57. The van der Waals surface area contributed by atoms with Crippen LogP contribution in [-0.2, 0) is 9.53 Å². The van der Waals surface area contributed by atoms with Gasteiger partial charge in [-0.1, -0.05) is 19.3 Å². The maximum absolute atomic E-state index is 12.2. The van der Waals surface area contributed by atoms with Crippen molar-refractivity contribution in [2.75, 3.05) is 13.2 Å². The van der Waals surface area contributed by atoms with Gasteiger partial charge in [0.2, 0.25) is 5.91 Å². The van der Waals surface area contributed by atoms with Gasteiger partial charge >= 0.3 is 6.03 Å². The number of carbonyl (C=O) groups excluding carboxylic acids is 2. The van der Waals surface area contributed by atoms with Crippen molar-refractivity contribution >= 4 is 11.9 Å². The highest BCUT2D eigenvalue weighted by Gasteiger charge is 2.33. The topological polar surface area (TPSA) is 99.7 Å². The van der Waals surface area contributed by atoms with E-state index >= 15 is 0 Å². The van der Waals surface area contributed by atoms with Gasteiger partial charge in [-0.05, 0) is 32.6 Å². The van der Waals surface area contributed by atoms with Crippen molar-refractivity contribution in [3.8, 4) is 0 Å². The van der Waals surface area contributed by atoms with Crippen LogP contribution in [0.3, 0.4) is 0 Å². The Morgan fingerprint density at radius 1 is 1.08 bits per heavy atom. The number of aliphatic hydroxyl groups excluding tert-OH is 1. The van der Waals surface area contributed by atoms with E-state index in [4.69, 9.17) is 4.74 Å². The number of amides is 3. The predicted molar refractivity (Wildman–Crippen MR) is 90.6 cm³/mol. The van der Waals surface area contributed by atoms with Gasteiger partial charge in [-0.15, -0.1) is 0 Å². The Hall–Kier alpha value is -1.34. The van der Waals surface area contributed by atoms with Crippen molar-refractivity contribution < 1.29 is 19.4 Å². The fraction of sp³-hybridized carbons (Fsp3) is 0.882. The molecule has 1 aliphatic carbocycles. The van der Waals surface area contributed by atoms with Crippen LogP contribution in [0.2, 0.25) is 0 Å². The highest BCUT2D eigenvalue weighted by molar-refractivity contribution is 5.76. The maximum atomic E-state index is 12.2. The lowest BCUT2D eigenvalue weighted by atomic mass is 9.95. The fourth-order valence-corrected chi connectivity index (χ4v) is 3.57. The van der Waals surface area contributed by atoms with E-state index in [2.05, 4.69) is 16.0 Å².